The van der Waals surface area contributed by atoms with Crippen LogP contribution in [0.4, 0.5) is 0 Å². The number of nitrogens with zero attached hydrogens (tertiary/aromatic N) is 4. The van der Waals surface area contributed by atoms with Crippen molar-refractivity contribution in [1.82, 2.24) is 25.0 Å². The Bertz CT molecular complexity index is 494. The number of carbonyl (C=O) groups excluding carboxylic acids is 2. The smallest absolute Gasteiger partial charge is 0.319 e. The number of aromatic amines is 1. The summed E-state index contributed by atoms with van der Waals surface area (Å²) in [7, 11) is 1.37. The van der Waals surface area contributed by atoms with E-state index in [9.17, 15) is 9.59 Å². The van der Waals surface area contributed by atoms with Crippen LogP contribution in [-0.4, -0.2) is 76.7 Å². The second-order valence-electron chi connectivity index (χ2n) is 5.00. The zero-order chi connectivity index (χ0) is 15.2. The number of esters is 1. The Kier molecular flexibility index (Phi) is 5.26. The normalized spacial score (nSPS) is 16.0. The molecule has 8 heteroatoms. The lowest BCUT2D eigenvalue weighted by Gasteiger charge is -2.33. The fraction of sp³-hybridized carbons (Fsp3) is 0.692. The van der Waals surface area contributed by atoms with Crippen molar-refractivity contribution in [3.05, 3.63) is 11.6 Å². The van der Waals surface area contributed by atoms with E-state index >= 15 is 0 Å². The lowest BCUT2D eigenvalue weighted by Crippen LogP contribution is -2.50. The summed E-state index contributed by atoms with van der Waals surface area (Å²) in [5, 5.41) is 6.76. The van der Waals surface area contributed by atoms with Gasteiger partial charge in [-0.25, -0.2) is 4.98 Å². The van der Waals surface area contributed by atoms with Crippen molar-refractivity contribution >= 4 is 11.9 Å². The maximum Gasteiger partial charge on any atom is 0.319 e. The highest BCUT2D eigenvalue weighted by molar-refractivity contribution is 5.90. The summed E-state index contributed by atoms with van der Waals surface area (Å²) in [6.45, 7) is 4.73. The van der Waals surface area contributed by atoms with E-state index in [2.05, 4.69) is 19.9 Å². The molecule has 0 aromatic carbocycles. The summed E-state index contributed by atoms with van der Waals surface area (Å²) >= 11 is 0. The van der Waals surface area contributed by atoms with Gasteiger partial charge in [-0.3, -0.25) is 19.6 Å². The molecule has 116 valence electrons. The molecule has 0 aliphatic carbocycles. The molecule has 21 heavy (non-hydrogen) atoms. The van der Waals surface area contributed by atoms with E-state index in [0.29, 0.717) is 26.2 Å². The molecule has 1 N–H and O–H groups in total. The fourth-order valence-electron chi connectivity index (χ4n) is 2.24. The molecule has 1 amide bonds. The molecule has 1 aromatic rings. The van der Waals surface area contributed by atoms with Gasteiger partial charge in [-0.2, -0.15) is 0 Å². The van der Waals surface area contributed by atoms with Crippen molar-refractivity contribution in [2.75, 3.05) is 39.8 Å². The number of rotatable bonds is 5. The van der Waals surface area contributed by atoms with E-state index in [0.717, 1.165) is 18.7 Å². The van der Waals surface area contributed by atoms with Gasteiger partial charge >= 0.3 is 5.97 Å². The molecular weight excluding hydrogens is 274 g/mol. The molecule has 1 aromatic heterocycles. The average molecular weight is 295 g/mol. The number of aryl methyl sites for hydroxylation is 1. The SMILES string of the molecule is CCCc1nc(C(=O)N2CCN(CC(=O)OC)CC2)n[nH]1. The summed E-state index contributed by atoms with van der Waals surface area (Å²) in [6.07, 6.45) is 1.74. The topological polar surface area (TPSA) is 91.4 Å². The largest absolute Gasteiger partial charge is 0.468 e. The standard InChI is InChI=1S/C13H21N5O3/c1-3-4-10-14-12(16-15-10)13(20)18-7-5-17(6-8-18)9-11(19)21-2/h3-9H2,1-2H3,(H,14,15,16). The van der Waals surface area contributed by atoms with Gasteiger partial charge in [0.1, 0.15) is 5.82 Å². The van der Waals surface area contributed by atoms with Crippen LogP contribution in [0.15, 0.2) is 0 Å². The van der Waals surface area contributed by atoms with Crippen LogP contribution in [-0.2, 0) is 16.0 Å². The molecular formula is C13H21N5O3. The van der Waals surface area contributed by atoms with Crippen LogP contribution in [0.3, 0.4) is 0 Å². The molecule has 8 nitrogen and oxygen atoms in total. The average Bonchev–Trinajstić information content (AvgIpc) is 2.96. The second-order valence-corrected chi connectivity index (χ2v) is 5.00. The number of aromatic nitrogens is 3. The quantitative estimate of drug-likeness (QED) is 0.749. The van der Waals surface area contributed by atoms with Crippen molar-refractivity contribution in [3.63, 3.8) is 0 Å². The molecule has 0 bridgehead atoms. The zero-order valence-electron chi connectivity index (χ0n) is 12.5. The molecule has 1 aliphatic rings. The summed E-state index contributed by atoms with van der Waals surface area (Å²) in [4.78, 5) is 31.4. The van der Waals surface area contributed by atoms with Gasteiger partial charge in [-0.15, -0.1) is 5.10 Å². The highest BCUT2D eigenvalue weighted by atomic mass is 16.5. The number of amides is 1. The molecule has 0 radical (unpaired) electrons. The van der Waals surface area contributed by atoms with Crippen molar-refractivity contribution < 1.29 is 14.3 Å². The number of hydrogen-bond acceptors (Lipinski definition) is 6. The molecule has 0 spiro atoms. The number of hydrogen-bond donors (Lipinski definition) is 1. The molecule has 2 rings (SSSR count). The van der Waals surface area contributed by atoms with Gasteiger partial charge in [0, 0.05) is 32.6 Å². The minimum absolute atomic E-state index is 0.161. The molecule has 1 aliphatic heterocycles. The molecule has 2 heterocycles. The number of nitrogens with one attached hydrogen (secondary N) is 1. The molecule has 0 unspecified atom stereocenters. The first kappa shape index (κ1) is 15.4. The third-order valence-electron chi connectivity index (χ3n) is 3.45. The minimum Gasteiger partial charge on any atom is -0.468 e. The monoisotopic (exact) mass is 295 g/mol. The predicted molar refractivity (Wildman–Crippen MR) is 74.7 cm³/mol. The Morgan fingerprint density at radius 1 is 1.29 bits per heavy atom. The maximum absolute atomic E-state index is 12.3. The van der Waals surface area contributed by atoms with Gasteiger partial charge in [-0.05, 0) is 6.42 Å². The van der Waals surface area contributed by atoms with Crippen LogP contribution in [0.5, 0.6) is 0 Å². The highest BCUT2D eigenvalue weighted by Crippen LogP contribution is 2.06. The first-order chi connectivity index (χ1) is 10.1. The van der Waals surface area contributed by atoms with E-state index in [1.807, 2.05) is 11.8 Å². The highest BCUT2D eigenvalue weighted by Gasteiger charge is 2.25. The number of methoxy groups -OCH3 is 1. The van der Waals surface area contributed by atoms with E-state index < -0.39 is 0 Å². The van der Waals surface area contributed by atoms with Gasteiger partial charge in [0.2, 0.25) is 5.82 Å². The van der Waals surface area contributed by atoms with Gasteiger partial charge in [0.15, 0.2) is 0 Å². The van der Waals surface area contributed by atoms with Crippen molar-refractivity contribution in [3.8, 4) is 0 Å². The third-order valence-corrected chi connectivity index (χ3v) is 3.45. The summed E-state index contributed by atoms with van der Waals surface area (Å²) in [5.41, 5.74) is 0. The molecule has 1 saturated heterocycles. The number of ether oxygens (including phenoxy) is 1. The number of H-pyrrole nitrogens is 1. The van der Waals surface area contributed by atoms with Crippen LogP contribution in [0.2, 0.25) is 0 Å². The predicted octanol–water partition coefficient (Wildman–Crippen LogP) is -0.312. The lowest BCUT2D eigenvalue weighted by atomic mass is 10.3. The first-order valence-electron chi connectivity index (χ1n) is 7.13. The van der Waals surface area contributed by atoms with Crippen LogP contribution in [0, 0.1) is 0 Å². The van der Waals surface area contributed by atoms with Gasteiger partial charge in [-0.1, -0.05) is 6.92 Å². The third kappa shape index (κ3) is 4.01. The Balaban J connectivity index is 1.86. The molecule has 0 atom stereocenters. The number of piperazine rings is 1. The van der Waals surface area contributed by atoms with Crippen molar-refractivity contribution in [2.24, 2.45) is 0 Å². The minimum atomic E-state index is -0.257. The summed E-state index contributed by atoms with van der Waals surface area (Å²) in [6, 6.07) is 0. The number of carbonyl (C=O) groups is 2. The van der Waals surface area contributed by atoms with Crippen molar-refractivity contribution in [2.45, 2.75) is 19.8 Å². The van der Waals surface area contributed by atoms with Gasteiger partial charge in [0.05, 0.1) is 13.7 Å². The maximum atomic E-state index is 12.3. The Morgan fingerprint density at radius 2 is 2.00 bits per heavy atom. The summed E-state index contributed by atoms with van der Waals surface area (Å²) in [5.74, 6) is 0.546. The van der Waals surface area contributed by atoms with E-state index in [1.165, 1.54) is 7.11 Å². The first-order valence-corrected chi connectivity index (χ1v) is 7.13. The fourth-order valence-corrected chi connectivity index (χ4v) is 2.24. The summed E-state index contributed by atoms with van der Waals surface area (Å²) < 4.78 is 4.64. The van der Waals surface area contributed by atoms with Crippen LogP contribution in [0.1, 0.15) is 29.8 Å². The van der Waals surface area contributed by atoms with E-state index in [-0.39, 0.29) is 24.2 Å². The van der Waals surface area contributed by atoms with Gasteiger partial charge < -0.3 is 9.64 Å². The lowest BCUT2D eigenvalue weighted by molar-refractivity contribution is -0.142. The second kappa shape index (κ2) is 7.16. The Morgan fingerprint density at radius 3 is 2.62 bits per heavy atom. The van der Waals surface area contributed by atoms with Crippen molar-refractivity contribution in [1.29, 1.82) is 0 Å². The molecule has 1 fully saturated rings. The van der Waals surface area contributed by atoms with E-state index in [4.69, 9.17) is 0 Å². The van der Waals surface area contributed by atoms with Gasteiger partial charge in [0.25, 0.3) is 5.91 Å². The Hall–Kier alpha value is -1.96. The van der Waals surface area contributed by atoms with Crippen LogP contribution >= 0.6 is 0 Å². The Labute approximate surface area is 123 Å². The zero-order valence-corrected chi connectivity index (χ0v) is 12.5. The molecule has 0 saturated carbocycles. The van der Waals surface area contributed by atoms with Crippen LogP contribution < -0.4 is 0 Å². The van der Waals surface area contributed by atoms with E-state index in [1.54, 1.807) is 4.90 Å². The van der Waals surface area contributed by atoms with Crippen LogP contribution in [0.25, 0.3) is 0 Å².